The lowest BCUT2D eigenvalue weighted by Gasteiger charge is -2.26. The molecule has 1 saturated heterocycles. The number of anilines is 2. The van der Waals surface area contributed by atoms with E-state index in [-0.39, 0.29) is 0 Å². The van der Waals surface area contributed by atoms with Gasteiger partial charge in [-0.15, -0.1) is 10.2 Å². The normalized spacial score (nSPS) is 21.8. The number of hydrogen-bond donors (Lipinski definition) is 1. The molecule has 2 heterocycles. The summed E-state index contributed by atoms with van der Waals surface area (Å²) >= 11 is 0. The summed E-state index contributed by atoms with van der Waals surface area (Å²) in [7, 11) is 0. The molecule has 1 aliphatic rings. The highest BCUT2D eigenvalue weighted by Crippen LogP contribution is 2.30. The van der Waals surface area contributed by atoms with Gasteiger partial charge in [0.2, 0.25) is 0 Å². The van der Waals surface area contributed by atoms with E-state index in [0.29, 0.717) is 12.1 Å². The number of nitrogen functional groups attached to an aromatic ring is 1. The summed E-state index contributed by atoms with van der Waals surface area (Å²) in [5.74, 6) is 0.970. The van der Waals surface area contributed by atoms with Gasteiger partial charge in [0.05, 0.1) is 5.69 Å². The molecule has 1 aromatic heterocycles. The highest BCUT2D eigenvalue weighted by Gasteiger charge is 2.28. The molecule has 21 heavy (non-hydrogen) atoms. The summed E-state index contributed by atoms with van der Waals surface area (Å²) < 4.78 is 0. The van der Waals surface area contributed by atoms with E-state index < -0.39 is 0 Å². The molecule has 4 nitrogen and oxygen atoms in total. The highest BCUT2D eigenvalue weighted by molar-refractivity contribution is 5.68. The van der Waals surface area contributed by atoms with Gasteiger partial charge >= 0.3 is 0 Å². The molecule has 4 heteroatoms. The van der Waals surface area contributed by atoms with E-state index in [1.165, 1.54) is 12.8 Å². The second-order valence-electron chi connectivity index (χ2n) is 6.03. The lowest BCUT2D eigenvalue weighted by atomic mass is 10.0. The minimum absolute atomic E-state index is 0.536. The number of aryl methyl sites for hydroxylation is 1. The van der Waals surface area contributed by atoms with Crippen LogP contribution in [0.1, 0.15) is 32.3 Å². The molecule has 3 rings (SSSR count). The van der Waals surface area contributed by atoms with Crippen LogP contribution in [0.3, 0.4) is 0 Å². The van der Waals surface area contributed by atoms with Crippen molar-refractivity contribution >= 4 is 11.5 Å². The van der Waals surface area contributed by atoms with Gasteiger partial charge in [-0.2, -0.15) is 0 Å². The molecule has 1 aromatic carbocycles. The van der Waals surface area contributed by atoms with E-state index in [2.05, 4.69) is 41.9 Å². The molecule has 2 unspecified atom stereocenters. The fraction of sp³-hybridized carbons (Fsp3) is 0.412. The zero-order valence-corrected chi connectivity index (χ0v) is 12.9. The number of nitrogens with zero attached hydrogens (tertiary/aromatic N) is 3. The standard InChI is InChI=1S/C17H22N4/c1-11-4-7-14(18)10-15(11)16-8-9-17(20-19-16)21-12(2)5-6-13(21)3/h4,7-10,12-13H,5-6,18H2,1-3H3. The van der Waals surface area contributed by atoms with Crippen LogP contribution in [0.5, 0.6) is 0 Å². The quantitative estimate of drug-likeness (QED) is 0.858. The van der Waals surface area contributed by atoms with E-state index in [0.717, 1.165) is 28.3 Å². The van der Waals surface area contributed by atoms with Crippen LogP contribution < -0.4 is 10.6 Å². The lowest BCUT2D eigenvalue weighted by molar-refractivity contribution is 0.676. The Kier molecular flexibility index (Phi) is 3.53. The molecule has 2 N–H and O–H groups in total. The minimum atomic E-state index is 0.536. The molecule has 0 amide bonds. The average Bonchev–Trinajstić information content (AvgIpc) is 2.81. The maximum Gasteiger partial charge on any atom is 0.151 e. The molecule has 2 atom stereocenters. The van der Waals surface area contributed by atoms with Gasteiger partial charge in [-0.3, -0.25) is 0 Å². The fourth-order valence-electron chi connectivity index (χ4n) is 3.17. The highest BCUT2D eigenvalue weighted by atomic mass is 15.3. The maximum absolute atomic E-state index is 5.87. The van der Waals surface area contributed by atoms with Crippen molar-refractivity contribution in [3.8, 4) is 11.3 Å². The molecular formula is C17H22N4. The van der Waals surface area contributed by atoms with Gasteiger partial charge in [-0.25, -0.2) is 0 Å². The van der Waals surface area contributed by atoms with Crippen molar-refractivity contribution in [3.05, 3.63) is 35.9 Å². The summed E-state index contributed by atoms with van der Waals surface area (Å²) in [5.41, 5.74) is 9.72. The predicted molar refractivity (Wildman–Crippen MR) is 87.3 cm³/mol. The number of benzene rings is 1. The Labute approximate surface area is 126 Å². The molecule has 1 aliphatic heterocycles. The van der Waals surface area contributed by atoms with Crippen LogP contribution in [0, 0.1) is 6.92 Å². The first-order valence-corrected chi connectivity index (χ1v) is 7.55. The lowest BCUT2D eigenvalue weighted by Crippen LogP contribution is -2.33. The summed E-state index contributed by atoms with van der Waals surface area (Å²) in [6.07, 6.45) is 2.44. The van der Waals surface area contributed by atoms with E-state index in [1.807, 2.05) is 24.3 Å². The fourth-order valence-corrected chi connectivity index (χ4v) is 3.17. The maximum atomic E-state index is 5.87. The Balaban J connectivity index is 1.92. The Morgan fingerprint density at radius 3 is 2.38 bits per heavy atom. The second-order valence-corrected chi connectivity index (χ2v) is 6.03. The van der Waals surface area contributed by atoms with Crippen molar-refractivity contribution in [2.75, 3.05) is 10.6 Å². The molecule has 0 bridgehead atoms. The number of hydrogen-bond acceptors (Lipinski definition) is 4. The first kappa shape index (κ1) is 13.9. The van der Waals surface area contributed by atoms with Gasteiger partial charge in [0, 0.05) is 23.3 Å². The van der Waals surface area contributed by atoms with Gasteiger partial charge in [-0.05, 0) is 63.4 Å². The van der Waals surface area contributed by atoms with Gasteiger partial charge < -0.3 is 10.6 Å². The third-order valence-corrected chi connectivity index (χ3v) is 4.40. The van der Waals surface area contributed by atoms with Crippen molar-refractivity contribution in [2.24, 2.45) is 0 Å². The van der Waals surface area contributed by atoms with E-state index in [1.54, 1.807) is 0 Å². The molecule has 110 valence electrons. The van der Waals surface area contributed by atoms with Crippen LogP contribution in [0.25, 0.3) is 11.3 Å². The monoisotopic (exact) mass is 282 g/mol. The third kappa shape index (κ3) is 2.58. The number of rotatable bonds is 2. The van der Waals surface area contributed by atoms with Crippen molar-refractivity contribution in [3.63, 3.8) is 0 Å². The van der Waals surface area contributed by atoms with E-state index in [4.69, 9.17) is 5.73 Å². The van der Waals surface area contributed by atoms with Crippen LogP contribution in [0.2, 0.25) is 0 Å². The van der Waals surface area contributed by atoms with Crippen LogP contribution in [-0.2, 0) is 0 Å². The summed E-state index contributed by atoms with van der Waals surface area (Å²) in [6.45, 7) is 6.57. The second kappa shape index (κ2) is 5.35. The molecule has 0 spiro atoms. The van der Waals surface area contributed by atoms with Gasteiger partial charge in [-0.1, -0.05) is 6.07 Å². The van der Waals surface area contributed by atoms with Crippen LogP contribution in [0.4, 0.5) is 11.5 Å². The molecule has 0 aliphatic carbocycles. The minimum Gasteiger partial charge on any atom is -0.399 e. The van der Waals surface area contributed by atoms with Crippen LogP contribution in [0.15, 0.2) is 30.3 Å². The van der Waals surface area contributed by atoms with Gasteiger partial charge in [0.1, 0.15) is 0 Å². The van der Waals surface area contributed by atoms with Crippen molar-refractivity contribution in [2.45, 2.75) is 45.7 Å². The topological polar surface area (TPSA) is 55.0 Å². The molecule has 1 fully saturated rings. The SMILES string of the molecule is Cc1ccc(N)cc1-c1ccc(N2C(C)CCC2C)nn1. The van der Waals surface area contributed by atoms with E-state index >= 15 is 0 Å². The Hall–Kier alpha value is -2.10. The largest absolute Gasteiger partial charge is 0.399 e. The smallest absolute Gasteiger partial charge is 0.151 e. The zero-order valence-electron chi connectivity index (χ0n) is 12.9. The van der Waals surface area contributed by atoms with Crippen LogP contribution in [-0.4, -0.2) is 22.3 Å². The number of aromatic nitrogens is 2. The molecule has 0 saturated carbocycles. The summed E-state index contributed by atoms with van der Waals surface area (Å²) in [6, 6.07) is 11.1. The first-order valence-electron chi connectivity index (χ1n) is 7.55. The van der Waals surface area contributed by atoms with Crippen molar-refractivity contribution < 1.29 is 0 Å². The Morgan fingerprint density at radius 2 is 1.76 bits per heavy atom. The summed E-state index contributed by atoms with van der Waals surface area (Å²) in [5, 5.41) is 8.86. The molecule has 2 aromatic rings. The first-order chi connectivity index (χ1) is 10.1. The average molecular weight is 282 g/mol. The Bertz CT molecular complexity index is 626. The van der Waals surface area contributed by atoms with Crippen LogP contribution >= 0.6 is 0 Å². The number of nitrogens with two attached hydrogens (primary N) is 1. The third-order valence-electron chi connectivity index (χ3n) is 4.40. The zero-order chi connectivity index (χ0) is 15.0. The predicted octanol–water partition coefficient (Wildman–Crippen LogP) is 3.41. The van der Waals surface area contributed by atoms with Crippen molar-refractivity contribution in [1.82, 2.24) is 10.2 Å². The molecular weight excluding hydrogens is 260 g/mol. The van der Waals surface area contributed by atoms with E-state index in [9.17, 15) is 0 Å². The Morgan fingerprint density at radius 1 is 1.05 bits per heavy atom. The summed E-state index contributed by atoms with van der Waals surface area (Å²) in [4.78, 5) is 2.36. The van der Waals surface area contributed by atoms with Gasteiger partial charge in [0.25, 0.3) is 0 Å². The molecule has 0 radical (unpaired) electrons. The van der Waals surface area contributed by atoms with Crippen molar-refractivity contribution in [1.29, 1.82) is 0 Å². The van der Waals surface area contributed by atoms with Gasteiger partial charge in [0.15, 0.2) is 5.82 Å².